The number of carboxylic acids is 1. The largest absolute Gasteiger partial charge is 0.477 e. The molecule has 0 bridgehead atoms. The Morgan fingerprint density at radius 3 is 2.80 bits per heavy atom. The molecule has 0 aromatic heterocycles. The molecule has 0 radical (unpaired) electrons. The molecule has 58 valence electrons. The van der Waals surface area contributed by atoms with Gasteiger partial charge in [0.25, 0.3) is 6.47 Å². The summed E-state index contributed by atoms with van der Waals surface area (Å²) in [5, 5.41) is 8.27. The molecule has 0 aliphatic rings. The van der Waals surface area contributed by atoms with Gasteiger partial charge in [-0.2, -0.15) is 0 Å². The molecule has 0 amide bonds. The van der Waals surface area contributed by atoms with Crippen LogP contribution in [0.2, 0.25) is 0 Å². The fraction of sp³-hybridized carbons (Fsp3) is 0.600. The summed E-state index contributed by atoms with van der Waals surface area (Å²) in [5.74, 6) is -0.977. The van der Waals surface area contributed by atoms with Crippen LogP contribution in [0.15, 0.2) is 0 Å². The molecule has 0 heterocycles. The van der Waals surface area contributed by atoms with Crippen molar-refractivity contribution in [3.05, 3.63) is 0 Å². The number of rotatable bonds is 5. The topological polar surface area (TPSA) is 91.2 Å². The van der Waals surface area contributed by atoms with E-state index in [1.165, 1.54) is 0 Å². The molecule has 5 nitrogen and oxygen atoms in total. The zero-order valence-corrected chi connectivity index (χ0v) is 5.45. The van der Waals surface area contributed by atoms with Gasteiger partial charge < -0.3 is 15.6 Å². The highest BCUT2D eigenvalue weighted by atomic mass is 16.5. The monoisotopic (exact) mass is 148 g/mol. The quantitative estimate of drug-likeness (QED) is 0.357. The van der Waals surface area contributed by atoms with E-state index in [0.29, 0.717) is 0 Å². The first kappa shape index (κ1) is 8.90. The average molecular weight is 148 g/mol. The summed E-state index contributed by atoms with van der Waals surface area (Å²) in [7, 11) is 0. The number of hydrogen-bond donors (Lipinski definition) is 2. The highest BCUT2D eigenvalue weighted by Crippen LogP contribution is 1.85. The number of ether oxygens (including phenoxy) is 1. The van der Waals surface area contributed by atoms with E-state index in [9.17, 15) is 9.59 Å². The molecule has 10 heavy (non-hydrogen) atoms. The molecule has 1 unspecified atom stereocenters. The van der Waals surface area contributed by atoms with Crippen molar-refractivity contribution in [3.63, 3.8) is 0 Å². The van der Waals surface area contributed by atoms with Crippen LogP contribution in [-0.4, -0.2) is 30.2 Å². The normalized spacial score (nSPS) is 12.1. The van der Waals surface area contributed by atoms with Gasteiger partial charge in [0.15, 0.2) is 6.04 Å². The Labute approximate surface area is 57.8 Å². The second-order valence-electron chi connectivity index (χ2n) is 1.79. The van der Waals surface area contributed by atoms with Gasteiger partial charge in [-0.15, -0.1) is 0 Å². The number of quaternary nitrogens is 1. The standard InChI is InChI=1S/C5H9NO4/c6-4(5(8)9)1-2-10-3-7/h3-4H,1-2,6H2,(H,8,9)/p+1. The molecule has 4 N–H and O–H groups in total. The van der Waals surface area contributed by atoms with E-state index in [-0.39, 0.29) is 19.5 Å². The van der Waals surface area contributed by atoms with Gasteiger partial charge in [-0.05, 0) is 0 Å². The molecule has 0 saturated carbocycles. The van der Waals surface area contributed by atoms with Crippen LogP contribution in [0.5, 0.6) is 0 Å². The minimum absolute atomic E-state index is 0.115. The first-order valence-corrected chi connectivity index (χ1v) is 2.79. The van der Waals surface area contributed by atoms with Gasteiger partial charge >= 0.3 is 5.97 Å². The Balaban J connectivity index is 3.30. The van der Waals surface area contributed by atoms with E-state index in [1.54, 1.807) is 0 Å². The van der Waals surface area contributed by atoms with Gasteiger partial charge in [-0.3, -0.25) is 4.79 Å². The van der Waals surface area contributed by atoms with Crippen molar-refractivity contribution in [2.24, 2.45) is 0 Å². The van der Waals surface area contributed by atoms with E-state index < -0.39 is 12.0 Å². The lowest BCUT2D eigenvalue weighted by molar-refractivity contribution is -0.409. The highest BCUT2D eigenvalue weighted by molar-refractivity contribution is 5.71. The summed E-state index contributed by atoms with van der Waals surface area (Å²) < 4.78 is 4.27. The highest BCUT2D eigenvalue weighted by Gasteiger charge is 2.14. The zero-order valence-electron chi connectivity index (χ0n) is 5.45. The second-order valence-corrected chi connectivity index (χ2v) is 1.79. The number of hydrogen-bond acceptors (Lipinski definition) is 3. The van der Waals surface area contributed by atoms with Crippen LogP contribution in [0.1, 0.15) is 6.42 Å². The maximum Gasteiger partial charge on any atom is 0.362 e. The smallest absolute Gasteiger partial charge is 0.362 e. The molecular formula is C5H10NO4+. The van der Waals surface area contributed by atoms with Gasteiger partial charge in [0.2, 0.25) is 0 Å². The molecule has 0 spiro atoms. The molecule has 0 aromatic rings. The van der Waals surface area contributed by atoms with E-state index in [2.05, 4.69) is 10.5 Å². The predicted molar refractivity (Wildman–Crippen MR) is 30.9 cm³/mol. The summed E-state index contributed by atoms with van der Waals surface area (Å²) in [6, 6.07) is -0.694. The van der Waals surface area contributed by atoms with Crippen molar-refractivity contribution in [2.75, 3.05) is 6.61 Å². The van der Waals surface area contributed by atoms with E-state index in [1.807, 2.05) is 0 Å². The van der Waals surface area contributed by atoms with Crippen molar-refractivity contribution in [1.29, 1.82) is 0 Å². The van der Waals surface area contributed by atoms with Crippen LogP contribution in [0.4, 0.5) is 0 Å². The maximum absolute atomic E-state index is 10.1. The zero-order chi connectivity index (χ0) is 7.98. The fourth-order valence-electron chi connectivity index (χ4n) is 0.382. The molecule has 0 rings (SSSR count). The SMILES string of the molecule is [NH3+]C(CCOC=O)C(=O)O. The lowest BCUT2D eigenvalue weighted by Gasteiger charge is -2.00. The maximum atomic E-state index is 10.1. The third-order valence-corrected chi connectivity index (χ3v) is 1.00. The van der Waals surface area contributed by atoms with Crippen molar-refractivity contribution in [3.8, 4) is 0 Å². The number of aliphatic carboxylic acids is 1. The Kier molecular flexibility index (Phi) is 4.23. The summed E-state index contributed by atoms with van der Waals surface area (Å²) in [4.78, 5) is 19.7. The van der Waals surface area contributed by atoms with Crippen molar-refractivity contribution >= 4 is 12.4 Å². The predicted octanol–water partition coefficient (Wildman–Crippen LogP) is -1.76. The van der Waals surface area contributed by atoms with Crippen LogP contribution < -0.4 is 5.73 Å². The minimum atomic E-state index is -0.977. The number of carbonyl (C=O) groups excluding carboxylic acids is 1. The van der Waals surface area contributed by atoms with Gasteiger partial charge in [0.1, 0.15) is 0 Å². The lowest BCUT2D eigenvalue weighted by atomic mass is 10.2. The van der Waals surface area contributed by atoms with Crippen LogP contribution >= 0.6 is 0 Å². The third kappa shape index (κ3) is 3.85. The molecular weight excluding hydrogens is 138 g/mol. The van der Waals surface area contributed by atoms with Gasteiger partial charge in [-0.1, -0.05) is 0 Å². The van der Waals surface area contributed by atoms with Gasteiger partial charge in [-0.25, -0.2) is 4.79 Å². The summed E-state index contributed by atoms with van der Waals surface area (Å²) >= 11 is 0. The van der Waals surface area contributed by atoms with E-state index in [4.69, 9.17) is 5.11 Å². The summed E-state index contributed by atoms with van der Waals surface area (Å²) in [6.45, 7) is 0.401. The van der Waals surface area contributed by atoms with Crippen molar-refractivity contribution in [2.45, 2.75) is 12.5 Å². The molecule has 0 aliphatic carbocycles. The van der Waals surface area contributed by atoms with Crippen molar-refractivity contribution in [1.82, 2.24) is 0 Å². The lowest BCUT2D eigenvalue weighted by Crippen LogP contribution is -2.65. The Morgan fingerprint density at radius 1 is 1.80 bits per heavy atom. The number of carboxylic acid groups (broad SMARTS) is 1. The summed E-state index contributed by atoms with van der Waals surface area (Å²) in [6.07, 6.45) is 0.258. The molecule has 0 saturated heterocycles. The van der Waals surface area contributed by atoms with E-state index >= 15 is 0 Å². The Morgan fingerprint density at radius 2 is 2.40 bits per heavy atom. The molecule has 0 aromatic carbocycles. The Bertz CT molecular complexity index is 125. The first-order chi connectivity index (χ1) is 4.68. The van der Waals surface area contributed by atoms with Crippen LogP contribution in [0.3, 0.4) is 0 Å². The first-order valence-electron chi connectivity index (χ1n) is 2.79. The van der Waals surface area contributed by atoms with Crippen LogP contribution in [-0.2, 0) is 14.3 Å². The third-order valence-electron chi connectivity index (χ3n) is 1.00. The number of carbonyl (C=O) groups is 2. The molecule has 1 atom stereocenters. The van der Waals surface area contributed by atoms with E-state index in [0.717, 1.165) is 0 Å². The van der Waals surface area contributed by atoms with Crippen LogP contribution in [0, 0.1) is 0 Å². The molecule has 0 aliphatic heterocycles. The molecule has 0 fully saturated rings. The second kappa shape index (κ2) is 4.75. The Hall–Kier alpha value is -1.10. The minimum Gasteiger partial charge on any atom is -0.477 e. The fourth-order valence-corrected chi connectivity index (χ4v) is 0.382. The van der Waals surface area contributed by atoms with Gasteiger partial charge in [0.05, 0.1) is 6.61 Å². The molecule has 5 heteroatoms. The van der Waals surface area contributed by atoms with Crippen LogP contribution in [0.25, 0.3) is 0 Å². The average Bonchev–Trinajstić information content (AvgIpc) is 1.88. The summed E-state index contributed by atoms with van der Waals surface area (Å²) in [5.41, 5.74) is 3.31. The van der Waals surface area contributed by atoms with Gasteiger partial charge in [0, 0.05) is 6.42 Å². The van der Waals surface area contributed by atoms with Crippen molar-refractivity contribution < 1.29 is 25.2 Å².